The molecular weight excluding hydrogens is 567 g/mol. The molecule has 3 aromatic carbocycles. The second kappa shape index (κ2) is 11.2. The molecule has 0 unspecified atom stereocenters. The molecule has 0 aliphatic carbocycles. The Balaban J connectivity index is 1.94. The maximum absolute atomic E-state index is 14.7. The van der Waals surface area contributed by atoms with Crippen molar-refractivity contribution in [2.45, 2.75) is 18.1 Å². The topological polar surface area (TPSA) is 54.0 Å². The summed E-state index contributed by atoms with van der Waals surface area (Å²) in [6.45, 7) is 0. The minimum Gasteiger partial charge on any atom is -0.322 e. The third-order valence-corrected chi connectivity index (χ3v) is 6.34. The zero-order valence-electron chi connectivity index (χ0n) is 19.6. The molecule has 202 valence electrons. The molecule has 1 heterocycles. The SMILES string of the molecule is O=C(Nc1cccc(F)c1)N[C@](Cc1ccc(F)cc1Cl)(c1cc(F)cc(C(F)(F)F)c1)c1ccc(Cl)cn1. The van der Waals surface area contributed by atoms with Gasteiger partial charge in [-0.3, -0.25) is 4.98 Å². The van der Waals surface area contributed by atoms with Crippen LogP contribution in [0, 0.1) is 17.5 Å². The van der Waals surface area contributed by atoms with Gasteiger partial charge in [-0.25, -0.2) is 18.0 Å². The van der Waals surface area contributed by atoms with Gasteiger partial charge < -0.3 is 10.6 Å². The first-order chi connectivity index (χ1) is 18.4. The Morgan fingerprint density at radius 2 is 1.54 bits per heavy atom. The molecule has 4 aromatic rings. The lowest BCUT2D eigenvalue weighted by molar-refractivity contribution is -0.137. The van der Waals surface area contributed by atoms with E-state index in [2.05, 4.69) is 15.6 Å². The Kier molecular flexibility index (Phi) is 8.08. The van der Waals surface area contributed by atoms with Crippen LogP contribution >= 0.6 is 23.2 Å². The summed E-state index contributed by atoms with van der Waals surface area (Å²) in [5, 5.41) is 5.06. The lowest BCUT2D eigenvalue weighted by atomic mass is 9.79. The van der Waals surface area contributed by atoms with Gasteiger partial charge in [-0.1, -0.05) is 35.3 Å². The fourth-order valence-corrected chi connectivity index (χ4v) is 4.37. The largest absolute Gasteiger partial charge is 0.416 e. The molecule has 4 nitrogen and oxygen atoms in total. The molecule has 12 heteroatoms. The number of halogens is 8. The predicted molar refractivity (Wildman–Crippen MR) is 135 cm³/mol. The summed E-state index contributed by atoms with van der Waals surface area (Å²) in [5.41, 5.74) is -3.50. The molecule has 0 spiro atoms. The Morgan fingerprint density at radius 1 is 0.821 bits per heavy atom. The van der Waals surface area contributed by atoms with Gasteiger partial charge in [0.05, 0.1) is 16.3 Å². The number of hydrogen-bond donors (Lipinski definition) is 2. The number of rotatable bonds is 6. The fraction of sp³-hybridized carbons (Fsp3) is 0.111. The summed E-state index contributed by atoms with van der Waals surface area (Å²) in [6, 6.07) is 11.7. The number of amides is 2. The monoisotopic (exact) mass is 583 g/mol. The maximum atomic E-state index is 14.7. The van der Waals surface area contributed by atoms with Crippen LogP contribution < -0.4 is 10.6 Å². The zero-order chi connectivity index (χ0) is 28.4. The van der Waals surface area contributed by atoms with Crippen LogP contribution in [0.1, 0.15) is 22.4 Å². The van der Waals surface area contributed by atoms with Crippen LogP contribution in [0.3, 0.4) is 0 Å². The summed E-state index contributed by atoms with van der Waals surface area (Å²) in [6.07, 6.45) is -4.14. The molecule has 0 saturated heterocycles. The molecule has 1 atom stereocenters. The number of carbonyl (C=O) groups excluding carboxylic acids is 1. The highest BCUT2D eigenvalue weighted by Gasteiger charge is 2.41. The van der Waals surface area contributed by atoms with Gasteiger partial charge in [0, 0.05) is 23.3 Å². The van der Waals surface area contributed by atoms with Gasteiger partial charge in [-0.15, -0.1) is 0 Å². The zero-order valence-corrected chi connectivity index (χ0v) is 21.1. The van der Waals surface area contributed by atoms with Crippen molar-refractivity contribution in [3.05, 3.63) is 129 Å². The number of carbonyl (C=O) groups is 1. The summed E-state index contributed by atoms with van der Waals surface area (Å²) in [5.74, 6) is -2.58. The minimum absolute atomic E-state index is 0.0282. The van der Waals surface area contributed by atoms with Crippen LogP contribution in [0.25, 0.3) is 0 Å². The van der Waals surface area contributed by atoms with Crippen LogP contribution in [-0.2, 0) is 18.1 Å². The van der Waals surface area contributed by atoms with E-state index in [1.165, 1.54) is 36.5 Å². The Hall–Kier alpha value is -3.76. The average molecular weight is 584 g/mol. The molecule has 4 rings (SSSR count). The average Bonchev–Trinajstić information content (AvgIpc) is 2.84. The van der Waals surface area contributed by atoms with E-state index in [-0.39, 0.29) is 32.6 Å². The van der Waals surface area contributed by atoms with Crippen molar-refractivity contribution in [2.75, 3.05) is 5.32 Å². The van der Waals surface area contributed by atoms with E-state index in [9.17, 15) is 31.1 Å². The Morgan fingerprint density at radius 3 is 2.18 bits per heavy atom. The van der Waals surface area contributed by atoms with E-state index in [0.717, 1.165) is 30.3 Å². The van der Waals surface area contributed by atoms with Crippen LogP contribution in [-0.4, -0.2) is 11.0 Å². The molecule has 0 aliphatic rings. The third-order valence-electron chi connectivity index (χ3n) is 5.76. The van der Waals surface area contributed by atoms with Crippen molar-refractivity contribution in [1.82, 2.24) is 10.3 Å². The van der Waals surface area contributed by atoms with Crippen molar-refractivity contribution in [3.8, 4) is 0 Å². The first-order valence-electron chi connectivity index (χ1n) is 11.1. The van der Waals surface area contributed by atoms with Crippen molar-refractivity contribution in [1.29, 1.82) is 0 Å². The van der Waals surface area contributed by atoms with Crippen LogP contribution in [0.4, 0.5) is 36.8 Å². The summed E-state index contributed by atoms with van der Waals surface area (Å²) in [7, 11) is 0. The van der Waals surface area contributed by atoms with Gasteiger partial charge in [0.25, 0.3) is 0 Å². The summed E-state index contributed by atoms with van der Waals surface area (Å²) in [4.78, 5) is 17.5. The second-order valence-electron chi connectivity index (χ2n) is 8.50. The Bertz CT molecular complexity index is 1510. The second-order valence-corrected chi connectivity index (χ2v) is 9.34. The van der Waals surface area contributed by atoms with Crippen LogP contribution in [0.5, 0.6) is 0 Å². The quantitative estimate of drug-likeness (QED) is 0.225. The number of alkyl halides is 3. The number of hydrogen-bond acceptors (Lipinski definition) is 2. The van der Waals surface area contributed by atoms with Crippen LogP contribution in [0.15, 0.2) is 79.0 Å². The van der Waals surface area contributed by atoms with Crippen molar-refractivity contribution in [3.63, 3.8) is 0 Å². The molecular formula is C27H17Cl2F6N3O. The lowest BCUT2D eigenvalue weighted by Crippen LogP contribution is -2.51. The molecule has 39 heavy (non-hydrogen) atoms. The van der Waals surface area contributed by atoms with Crippen molar-refractivity contribution in [2.24, 2.45) is 0 Å². The van der Waals surface area contributed by atoms with Gasteiger partial charge in [0.1, 0.15) is 23.0 Å². The van der Waals surface area contributed by atoms with Gasteiger partial charge in [0.2, 0.25) is 0 Å². The number of urea groups is 1. The number of nitrogens with one attached hydrogen (secondary N) is 2. The molecule has 0 saturated carbocycles. The van der Waals surface area contributed by atoms with Gasteiger partial charge in [0.15, 0.2) is 0 Å². The molecule has 1 aromatic heterocycles. The number of nitrogens with zero attached hydrogens (tertiary/aromatic N) is 1. The van der Waals surface area contributed by atoms with Crippen molar-refractivity contribution < 1.29 is 31.1 Å². The molecule has 2 amide bonds. The van der Waals surface area contributed by atoms with E-state index in [1.807, 2.05) is 0 Å². The summed E-state index contributed by atoms with van der Waals surface area (Å²) < 4.78 is 83.3. The highest BCUT2D eigenvalue weighted by atomic mass is 35.5. The van der Waals surface area contributed by atoms with E-state index < -0.39 is 47.2 Å². The lowest BCUT2D eigenvalue weighted by Gasteiger charge is -2.36. The predicted octanol–water partition coefficient (Wildman–Crippen LogP) is 8.13. The highest BCUT2D eigenvalue weighted by Crippen LogP contribution is 2.39. The van der Waals surface area contributed by atoms with E-state index in [1.54, 1.807) is 0 Å². The van der Waals surface area contributed by atoms with E-state index >= 15 is 0 Å². The van der Waals surface area contributed by atoms with Gasteiger partial charge >= 0.3 is 12.2 Å². The van der Waals surface area contributed by atoms with Gasteiger partial charge in [-0.2, -0.15) is 13.2 Å². The van der Waals surface area contributed by atoms with Gasteiger partial charge in [-0.05, 0) is 71.8 Å². The first kappa shape index (κ1) is 28.3. The van der Waals surface area contributed by atoms with E-state index in [4.69, 9.17) is 23.2 Å². The van der Waals surface area contributed by atoms with Crippen molar-refractivity contribution >= 4 is 34.9 Å². The normalized spacial score (nSPS) is 13.0. The van der Waals surface area contributed by atoms with Crippen LogP contribution in [0.2, 0.25) is 10.0 Å². The molecule has 0 bridgehead atoms. The first-order valence-corrected chi connectivity index (χ1v) is 11.9. The van der Waals surface area contributed by atoms with E-state index in [0.29, 0.717) is 12.1 Å². The number of benzene rings is 3. The molecule has 0 aliphatic heterocycles. The molecule has 0 fully saturated rings. The molecule has 2 N–H and O–H groups in total. The number of anilines is 1. The third kappa shape index (κ3) is 6.63. The Labute approximate surface area is 228 Å². The minimum atomic E-state index is -4.94. The number of pyridine rings is 1. The fourth-order valence-electron chi connectivity index (χ4n) is 4.02. The summed E-state index contributed by atoms with van der Waals surface area (Å²) >= 11 is 12.2. The number of aromatic nitrogens is 1. The smallest absolute Gasteiger partial charge is 0.322 e. The molecule has 0 radical (unpaired) electrons. The highest BCUT2D eigenvalue weighted by molar-refractivity contribution is 6.31. The maximum Gasteiger partial charge on any atom is 0.416 e. The standard InChI is InChI=1S/C27H17Cl2F6N3O/c28-18-5-7-24(36-14-18)26(13-15-4-6-20(31)12-23(15)29,16-8-17(27(33,34)35)10-21(32)9-16)38-25(39)37-22-3-1-2-19(30)11-22/h1-12,14H,13H2,(H2,37,38,39)/t26-/m1/s1.